The van der Waals surface area contributed by atoms with E-state index in [2.05, 4.69) is 0 Å². The van der Waals surface area contributed by atoms with Crippen molar-refractivity contribution in [1.82, 2.24) is 0 Å². The van der Waals surface area contributed by atoms with E-state index < -0.39 is 11.9 Å². The van der Waals surface area contributed by atoms with Crippen molar-refractivity contribution in [2.24, 2.45) is 0 Å². The van der Waals surface area contributed by atoms with E-state index in [9.17, 15) is 9.90 Å². The molecule has 0 amide bonds. The van der Waals surface area contributed by atoms with E-state index in [-0.39, 0.29) is 0 Å². The maximum atomic E-state index is 11.3. The Morgan fingerprint density at radius 1 is 1.42 bits per heavy atom. The molecule has 2 rings (SSSR count). The van der Waals surface area contributed by atoms with Crippen LogP contribution in [-0.4, -0.2) is 23.8 Å². The number of halogens is 1. The molecule has 3 nitrogen and oxygen atoms in total. The minimum absolute atomic E-state index is 0.333. The molecule has 1 aromatic carbocycles. The van der Waals surface area contributed by atoms with Crippen LogP contribution in [-0.2, 0) is 9.53 Å². The van der Waals surface area contributed by atoms with Gasteiger partial charge in [-0.2, -0.15) is 0 Å². The van der Waals surface area contributed by atoms with Gasteiger partial charge in [-0.05, 0) is 49.8 Å². The number of ether oxygens (including phenoxy) is 1. The van der Waals surface area contributed by atoms with Gasteiger partial charge in [0.1, 0.15) is 0 Å². The van der Waals surface area contributed by atoms with Crippen molar-refractivity contribution < 1.29 is 14.6 Å². The van der Waals surface area contributed by atoms with Crippen LogP contribution < -0.4 is 0 Å². The zero-order valence-electron chi connectivity index (χ0n) is 10.8. The molecule has 0 bridgehead atoms. The second-order valence-corrected chi connectivity index (χ2v) is 5.44. The predicted molar refractivity (Wildman–Crippen MR) is 74.7 cm³/mol. The highest BCUT2D eigenvalue weighted by molar-refractivity contribution is 6.30. The SMILES string of the molecule is O=C(O)C(CCCC1CCCO1)c1ccc(Cl)cc1. The lowest BCUT2D eigenvalue weighted by Crippen LogP contribution is -2.13. The second-order valence-electron chi connectivity index (χ2n) is 5.01. The molecule has 1 saturated heterocycles. The van der Waals surface area contributed by atoms with Crippen LogP contribution in [0.1, 0.15) is 43.6 Å². The lowest BCUT2D eigenvalue weighted by atomic mass is 9.93. The number of aliphatic carboxylic acids is 1. The molecule has 4 heteroatoms. The van der Waals surface area contributed by atoms with Crippen LogP contribution in [0.3, 0.4) is 0 Å². The van der Waals surface area contributed by atoms with Gasteiger partial charge in [0.15, 0.2) is 0 Å². The number of hydrogen-bond acceptors (Lipinski definition) is 2. The minimum Gasteiger partial charge on any atom is -0.481 e. The smallest absolute Gasteiger partial charge is 0.310 e. The third-order valence-electron chi connectivity index (χ3n) is 3.61. The lowest BCUT2D eigenvalue weighted by molar-refractivity contribution is -0.139. The third-order valence-corrected chi connectivity index (χ3v) is 3.87. The molecule has 1 heterocycles. The quantitative estimate of drug-likeness (QED) is 0.862. The first-order valence-corrected chi connectivity index (χ1v) is 7.14. The van der Waals surface area contributed by atoms with Crippen molar-refractivity contribution in [3.05, 3.63) is 34.9 Å². The van der Waals surface area contributed by atoms with E-state index >= 15 is 0 Å². The van der Waals surface area contributed by atoms with Gasteiger partial charge >= 0.3 is 5.97 Å². The van der Waals surface area contributed by atoms with Crippen molar-refractivity contribution in [3.8, 4) is 0 Å². The largest absolute Gasteiger partial charge is 0.481 e. The van der Waals surface area contributed by atoms with E-state index in [1.54, 1.807) is 24.3 Å². The first-order chi connectivity index (χ1) is 9.16. The summed E-state index contributed by atoms with van der Waals surface area (Å²) in [7, 11) is 0. The van der Waals surface area contributed by atoms with E-state index in [4.69, 9.17) is 16.3 Å². The van der Waals surface area contributed by atoms with E-state index in [0.717, 1.165) is 37.9 Å². The van der Waals surface area contributed by atoms with E-state index in [1.165, 1.54) is 0 Å². The monoisotopic (exact) mass is 282 g/mol. The van der Waals surface area contributed by atoms with Gasteiger partial charge in [-0.3, -0.25) is 4.79 Å². The van der Waals surface area contributed by atoms with Crippen molar-refractivity contribution in [1.29, 1.82) is 0 Å². The van der Waals surface area contributed by atoms with E-state index in [0.29, 0.717) is 17.5 Å². The molecule has 1 aliphatic heterocycles. The Labute approximate surface area is 118 Å². The lowest BCUT2D eigenvalue weighted by Gasteiger charge is -2.14. The standard InChI is InChI=1S/C15H19ClO3/c16-12-8-6-11(7-9-12)14(15(17)18)5-1-3-13-4-2-10-19-13/h6-9,13-14H,1-5,10H2,(H,17,18). The van der Waals surface area contributed by atoms with Gasteiger partial charge in [0.25, 0.3) is 0 Å². The highest BCUT2D eigenvalue weighted by Crippen LogP contribution is 2.26. The van der Waals surface area contributed by atoms with Crippen molar-refractivity contribution in [3.63, 3.8) is 0 Å². The fraction of sp³-hybridized carbons (Fsp3) is 0.533. The summed E-state index contributed by atoms with van der Waals surface area (Å²) in [4.78, 5) is 11.3. The summed E-state index contributed by atoms with van der Waals surface area (Å²) in [5.41, 5.74) is 0.823. The van der Waals surface area contributed by atoms with Crippen LogP contribution in [0.15, 0.2) is 24.3 Å². The Balaban J connectivity index is 1.88. The Morgan fingerprint density at radius 2 is 2.16 bits per heavy atom. The maximum Gasteiger partial charge on any atom is 0.310 e. The minimum atomic E-state index is -0.769. The summed E-state index contributed by atoms with van der Waals surface area (Å²) in [5.74, 6) is -1.21. The first kappa shape index (κ1) is 14.4. The summed E-state index contributed by atoms with van der Waals surface area (Å²) in [6, 6.07) is 7.08. The molecular formula is C15H19ClO3. The molecule has 1 aliphatic rings. The number of benzene rings is 1. The molecule has 19 heavy (non-hydrogen) atoms. The van der Waals surface area contributed by atoms with Crippen LogP contribution in [0.5, 0.6) is 0 Å². The molecule has 2 unspecified atom stereocenters. The van der Waals surface area contributed by atoms with E-state index in [1.807, 2.05) is 0 Å². The topological polar surface area (TPSA) is 46.5 Å². The van der Waals surface area contributed by atoms with Crippen LogP contribution >= 0.6 is 11.6 Å². The maximum absolute atomic E-state index is 11.3. The Hall–Kier alpha value is -1.06. The van der Waals surface area contributed by atoms with Gasteiger partial charge in [-0.15, -0.1) is 0 Å². The van der Waals surface area contributed by atoms with Crippen LogP contribution in [0.2, 0.25) is 5.02 Å². The molecule has 104 valence electrons. The average Bonchev–Trinajstić information content (AvgIpc) is 2.89. The Kier molecular flexibility index (Phi) is 5.23. The molecule has 0 aliphatic carbocycles. The van der Waals surface area contributed by atoms with Crippen LogP contribution in [0.4, 0.5) is 0 Å². The van der Waals surface area contributed by atoms with Crippen molar-refractivity contribution >= 4 is 17.6 Å². The molecular weight excluding hydrogens is 264 g/mol. The molecule has 0 aromatic heterocycles. The fourth-order valence-corrected chi connectivity index (χ4v) is 2.68. The van der Waals surface area contributed by atoms with Crippen molar-refractivity contribution in [2.45, 2.75) is 44.1 Å². The molecule has 1 N–H and O–H groups in total. The Morgan fingerprint density at radius 3 is 2.74 bits per heavy atom. The average molecular weight is 283 g/mol. The van der Waals surface area contributed by atoms with Crippen LogP contribution in [0.25, 0.3) is 0 Å². The van der Waals surface area contributed by atoms with Crippen LogP contribution in [0, 0.1) is 0 Å². The molecule has 1 aromatic rings. The highest BCUT2D eigenvalue weighted by atomic mass is 35.5. The molecule has 0 saturated carbocycles. The molecule has 2 atom stereocenters. The zero-order valence-corrected chi connectivity index (χ0v) is 11.6. The van der Waals surface area contributed by atoms with Crippen molar-refractivity contribution in [2.75, 3.05) is 6.61 Å². The third kappa shape index (κ3) is 4.22. The fourth-order valence-electron chi connectivity index (χ4n) is 2.55. The molecule has 0 radical (unpaired) electrons. The molecule has 0 spiro atoms. The predicted octanol–water partition coefficient (Wildman–Crippen LogP) is 3.86. The van der Waals surface area contributed by atoms with Gasteiger partial charge in [-0.1, -0.05) is 23.7 Å². The second kappa shape index (κ2) is 6.92. The summed E-state index contributed by atoms with van der Waals surface area (Å²) < 4.78 is 5.55. The normalized spacial score (nSPS) is 20.4. The number of carboxylic acids is 1. The summed E-state index contributed by atoms with van der Waals surface area (Å²) in [6.07, 6.45) is 5.06. The van der Waals surface area contributed by atoms with Gasteiger partial charge in [0, 0.05) is 11.6 Å². The number of carbonyl (C=O) groups is 1. The Bertz CT molecular complexity index is 410. The van der Waals surface area contributed by atoms with Gasteiger partial charge < -0.3 is 9.84 Å². The number of hydrogen-bond donors (Lipinski definition) is 1. The molecule has 1 fully saturated rings. The number of carboxylic acid groups (broad SMARTS) is 1. The number of rotatable bonds is 6. The van der Waals surface area contributed by atoms with Gasteiger partial charge in [0.2, 0.25) is 0 Å². The highest BCUT2D eigenvalue weighted by Gasteiger charge is 2.21. The zero-order chi connectivity index (χ0) is 13.7. The first-order valence-electron chi connectivity index (χ1n) is 6.76. The summed E-state index contributed by atoms with van der Waals surface area (Å²) >= 11 is 5.82. The summed E-state index contributed by atoms with van der Waals surface area (Å²) in [6.45, 7) is 0.851. The van der Waals surface area contributed by atoms with Gasteiger partial charge in [0.05, 0.1) is 12.0 Å². The summed E-state index contributed by atoms with van der Waals surface area (Å²) in [5, 5.41) is 9.96. The van der Waals surface area contributed by atoms with Gasteiger partial charge in [-0.25, -0.2) is 0 Å².